The van der Waals surface area contributed by atoms with Gasteiger partial charge in [0.25, 0.3) is 5.69 Å². The van der Waals surface area contributed by atoms with Crippen LogP contribution in [0.25, 0.3) is 0 Å². The number of halogens is 2. The van der Waals surface area contributed by atoms with Crippen molar-refractivity contribution in [3.63, 3.8) is 0 Å². The van der Waals surface area contributed by atoms with Gasteiger partial charge in [-0.05, 0) is 23.8 Å². The standard InChI is InChI=1S/C15H11Cl2N3O4/c16-11-5-4-9(13(17)8-11)7-14(18)19-24-15(21)10-2-1-3-12(6-10)20(22)23/h1-6,8H,7H2,(H2,18,19). The second-order valence-corrected chi connectivity index (χ2v) is 5.52. The van der Waals surface area contributed by atoms with Gasteiger partial charge in [0.15, 0.2) is 0 Å². The van der Waals surface area contributed by atoms with Crippen molar-refractivity contribution < 1.29 is 14.6 Å². The fraction of sp³-hybridized carbons (Fsp3) is 0.0667. The number of carbonyl (C=O) groups is 1. The van der Waals surface area contributed by atoms with E-state index in [9.17, 15) is 14.9 Å². The van der Waals surface area contributed by atoms with Gasteiger partial charge in [-0.15, -0.1) is 0 Å². The van der Waals surface area contributed by atoms with Gasteiger partial charge in [0.1, 0.15) is 5.84 Å². The van der Waals surface area contributed by atoms with E-state index in [1.54, 1.807) is 18.2 Å². The number of nitrogens with two attached hydrogens (primary N) is 1. The van der Waals surface area contributed by atoms with Crippen molar-refractivity contribution in [1.82, 2.24) is 0 Å². The molecule has 0 atom stereocenters. The molecule has 0 aliphatic heterocycles. The Bertz CT molecular complexity index is 824. The van der Waals surface area contributed by atoms with Gasteiger partial charge in [0.2, 0.25) is 0 Å². The largest absolute Gasteiger partial charge is 0.384 e. The van der Waals surface area contributed by atoms with Crippen LogP contribution >= 0.6 is 23.2 Å². The lowest BCUT2D eigenvalue weighted by molar-refractivity contribution is -0.384. The van der Waals surface area contributed by atoms with Crippen LogP contribution in [-0.2, 0) is 11.3 Å². The van der Waals surface area contributed by atoms with E-state index in [0.29, 0.717) is 15.6 Å². The Kier molecular flexibility index (Phi) is 5.73. The van der Waals surface area contributed by atoms with Gasteiger partial charge in [-0.25, -0.2) is 4.79 Å². The molecule has 0 aromatic heterocycles. The third kappa shape index (κ3) is 4.68. The zero-order valence-corrected chi connectivity index (χ0v) is 13.6. The Balaban J connectivity index is 2.05. The van der Waals surface area contributed by atoms with E-state index in [2.05, 4.69) is 5.16 Å². The summed E-state index contributed by atoms with van der Waals surface area (Å²) < 4.78 is 0. The van der Waals surface area contributed by atoms with Gasteiger partial charge >= 0.3 is 5.97 Å². The van der Waals surface area contributed by atoms with Gasteiger partial charge in [-0.3, -0.25) is 10.1 Å². The maximum atomic E-state index is 11.8. The fourth-order valence-corrected chi connectivity index (χ4v) is 2.27. The van der Waals surface area contributed by atoms with Crippen molar-refractivity contribution in [2.24, 2.45) is 10.9 Å². The van der Waals surface area contributed by atoms with E-state index in [4.69, 9.17) is 33.8 Å². The molecule has 2 N–H and O–H groups in total. The summed E-state index contributed by atoms with van der Waals surface area (Å²) in [5, 5.41) is 15.1. The van der Waals surface area contributed by atoms with E-state index in [1.807, 2.05) is 0 Å². The normalized spacial score (nSPS) is 11.2. The van der Waals surface area contributed by atoms with Gasteiger partial charge in [-0.2, -0.15) is 0 Å². The molecule has 24 heavy (non-hydrogen) atoms. The van der Waals surface area contributed by atoms with Gasteiger partial charge < -0.3 is 10.6 Å². The van der Waals surface area contributed by atoms with Crippen molar-refractivity contribution in [3.8, 4) is 0 Å². The first-order chi connectivity index (χ1) is 11.4. The van der Waals surface area contributed by atoms with Crippen molar-refractivity contribution in [2.45, 2.75) is 6.42 Å². The van der Waals surface area contributed by atoms with Crippen LogP contribution in [0.5, 0.6) is 0 Å². The lowest BCUT2D eigenvalue weighted by Gasteiger charge is -2.04. The van der Waals surface area contributed by atoms with Gasteiger partial charge in [0, 0.05) is 28.6 Å². The lowest BCUT2D eigenvalue weighted by Crippen LogP contribution is -2.17. The average molecular weight is 368 g/mol. The smallest absolute Gasteiger partial charge is 0.366 e. The maximum Gasteiger partial charge on any atom is 0.366 e. The number of nitrogens with zero attached hydrogens (tertiary/aromatic N) is 2. The molecule has 9 heteroatoms. The molecule has 0 saturated carbocycles. The highest BCUT2D eigenvalue weighted by Crippen LogP contribution is 2.21. The lowest BCUT2D eigenvalue weighted by atomic mass is 10.1. The molecule has 0 bridgehead atoms. The Labute approximate surface area is 146 Å². The monoisotopic (exact) mass is 367 g/mol. The van der Waals surface area contributed by atoms with E-state index in [0.717, 1.165) is 6.07 Å². The molecule has 0 amide bonds. The molecule has 0 saturated heterocycles. The molecular weight excluding hydrogens is 357 g/mol. The molecule has 2 aromatic carbocycles. The molecule has 0 spiro atoms. The molecule has 0 unspecified atom stereocenters. The molecule has 0 radical (unpaired) electrons. The topological polar surface area (TPSA) is 108 Å². The van der Waals surface area contributed by atoms with Crippen molar-refractivity contribution in [3.05, 3.63) is 73.8 Å². The maximum absolute atomic E-state index is 11.8. The van der Waals surface area contributed by atoms with Crippen LogP contribution in [0.4, 0.5) is 5.69 Å². The number of hydrogen-bond donors (Lipinski definition) is 1. The van der Waals surface area contributed by atoms with E-state index in [1.165, 1.54) is 18.2 Å². The SMILES string of the molecule is NC(Cc1ccc(Cl)cc1Cl)=NOC(=O)c1cccc([N+](=O)[O-])c1. The fourth-order valence-electron chi connectivity index (χ4n) is 1.79. The minimum atomic E-state index is -0.858. The summed E-state index contributed by atoms with van der Waals surface area (Å²) in [4.78, 5) is 26.6. The van der Waals surface area contributed by atoms with Crippen LogP contribution in [0.15, 0.2) is 47.6 Å². The molecule has 0 fully saturated rings. The highest BCUT2D eigenvalue weighted by molar-refractivity contribution is 6.35. The Morgan fingerprint density at radius 3 is 2.67 bits per heavy atom. The first kappa shape index (κ1) is 17.7. The second-order valence-electron chi connectivity index (χ2n) is 4.68. The Hall–Kier alpha value is -2.64. The molecule has 0 heterocycles. The van der Waals surface area contributed by atoms with Crippen molar-refractivity contribution >= 4 is 40.7 Å². The van der Waals surface area contributed by atoms with Gasteiger partial charge in [-0.1, -0.05) is 40.5 Å². The molecular formula is C15H11Cl2N3O4. The first-order valence-corrected chi connectivity index (χ1v) is 7.34. The number of benzene rings is 2. The molecule has 124 valence electrons. The second kappa shape index (κ2) is 7.76. The first-order valence-electron chi connectivity index (χ1n) is 6.59. The predicted octanol–water partition coefficient (Wildman–Crippen LogP) is 3.57. The minimum absolute atomic E-state index is 0.00900. The number of nitro groups is 1. The minimum Gasteiger partial charge on any atom is -0.384 e. The zero-order valence-electron chi connectivity index (χ0n) is 12.1. The number of amidine groups is 1. The molecule has 2 rings (SSSR count). The van der Waals surface area contributed by atoms with E-state index in [-0.39, 0.29) is 23.5 Å². The van der Waals surface area contributed by atoms with Crippen LogP contribution in [-0.4, -0.2) is 16.7 Å². The van der Waals surface area contributed by atoms with Crippen LogP contribution in [0.1, 0.15) is 15.9 Å². The summed E-state index contributed by atoms with van der Waals surface area (Å²) in [6.07, 6.45) is 0.151. The third-order valence-corrected chi connectivity index (χ3v) is 3.51. The van der Waals surface area contributed by atoms with Crippen molar-refractivity contribution in [2.75, 3.05) is 0 Å². The molecule has 0 aliphatic carbocycles. The van der Waals surface area contributed by atoms with Crippen LogP contribution in [0.2, 0.25) is 10.0 Å². The Morgan fingerprint density at radius 2 is 2.00 bits per heavy atom. The molecule has 0 aliphatic rings. The van der Waals surface area contributed by atoms with Crippen LogP contribution < -0.4 is 5.73 Å². The molecule has 2 aromatic rings. The quantitative estimate of drug-likeness (QED) is 0.285. The zero-order chi connectivity index (χ0) is 17.7. The summed E-state index contributed by atoms with van der Waals surface area (Å²) in [5.74, 6) is -0.846. The number of rotatable bonds is 5. The van der Waals surface area contributed by atoms with Crippen LogP contribution in [0, 0.1) is 10.1 Å². The van der Waals surface area contributed by atoms with Gasteiger partial charge in [0.05, 0.1) is 10.5 Å². The number of oxime groups is 1. The summed E-state index contributed by atoms with van der Waals surface area (Å²) in [6, 6.07) is 9.97. The number of non-ortho nitro benzene ring substituents is 1. The summed E-state index contributed by atoms with van der Waals surface area (Å²) >= 11 is 11.8. The van der Waals surface area contributed by atoms with Crippen molar-refractivity contribution in [1.29, 1.82) is 0 Å². The molecule has 7 nitrogen and oxygen atoms in total. The highest BCUT2D eigenvalue weighted by atomic mass is 35.5. The summed E-state index contributed by atoms with van der Waals surface area (Å²) in [7, 11) is 0. The third-order valence-electron chi connectivity index (χ3n) is 2.93. The van der Waals surface area contributed by atoms with Crippen LogP contribution in [0.3, 0.4) is 0 Å². The summed E-state index contributed by atoms with van der Waals surface area (Å²) in [5.41, 5.74) is 6.11. The Morgan fingerprint density at radius 1 is 1.25 bits per heavy atom. The number of carbonyl (C=O) groups excluding carboxylic acids is 1. The van der Waals surface area contributed by atoms with E-state index >= 15 is 0 Å². The predicted molar refractivity (Wildman–Crippen MR) is 90.3 cm³/mol. The average Bonchev–Trinajstić information content (AvgIpc) is 2.55. The number of nitro benzene ring substituents is 1. The number of hydrogen-bond acceptors (Lipinski definition) is 5. The highest BCUT2D eigenvalue weighted by Gasteiger charge is 2.13. The summed E-state index contributed by atoms with van der Waals surface area (Å²) in [6.45, 7) is 0. The van der Waals surface area contributed by atoms with E-state index < -0.39 is 10.9 Å².